The molecule has 1 atom stereocenters. The SMILES string of the molecule is CCCC(N)C(=O)Nc1ccc2nc(Cc3ccccc3F)[nH]c2c1. The number of hydrogen-bond donors (Lipinski definition) is 3. The molecule has 0 aliphatic rings. The third-order valence-electron chi connectivity index (χ3n) is 4.05. The number of fused-ring (bicyclic) bond motifs is 1. The van der Waals surface area contributed by atoms with E-state index in [9.17, 15) is 9.18 Å². The Labute approximate surface area is 145 Å². The van der Waals surface area contributed by atoms with Gasteiger partial charge in [-0.15, -0.1) is 0 Å². The van der Waals surface area contributed by atoms with Crippen molar-refractivity contribution in [2.24, 2.45) is 5.73 Å². The minimum atomic E-state index is -0.515. The second kappa shape index (κ2) is 7.44. The third-order valence-corrected chi connectivity index (χ3v) is 4.05. The molecule has 1 heterocycles. The van der Waals surface area contributed by atoms with Gasteiger partial charge in [0.15, 0.2) is 0 Å². The summed E-state index contributed by atoms with van der Waals surface area (Å²) in [5.74, 6) is 0.222. The first-order valence-electron chi connectivity index (χ1n) is 8.35. The van der Waals surface area contributed by atoms with Crippen LogP contribution in [0.2, 0.25) is 0 Å². The molecule has 1 amide bonds. The molecule has 2 aromatic carbocycles. The van der Waals surface area contributed by atoms with Crippen LogP contribution >= 0.6 is 0 Å². The molecule has 0 aliphatic heterocycles. The topological polar surface area (TPSA) is 83.8 Å². The molecule has 0 aliphatic carbocycles. The summed E-state index contributed by atoms with van der Waals surface area (Å²) >= 11 is 0. The molecule has 4 N–H and O–H groups in total. The third kappa shape index (κ3) is 4.03. The van der Waals surface area contributed by atoms with E-state index in [1.54, 1.807) is 24.3 Å². The Kier molecular flexibility index (Phi) is 5.09. The Morgan fingerprint density at radius 2 is 2.12 bits per heavy atom. The molecule has 0 spiro atoms. The van der Waals surface area contributed by atoms with Crippen LogP contribution in [-0.2, 0) is 11.2 Å². The fourth-order valence-electron chi connectivity index (χ4n) is 2.72. The molecule has 0 radical (unpaired) electrons. The minimum Gasteiger partial charge on any atom is -0.342 e. The van der Waals surface area contributed by atoms with E-state index in [-0.39, 0.29) is 11.7 Å². The van der Waals surface area contributed by atoms with Crippen molar-refractivity contribution >= 4 is 22.6 Å². The van der Waals surface area contributed by atoms with Gasteiger partial charge in [0.25, 0.3) is 0 Å². The van der Waals surface area contributed by atoms with Gasteiger partial charge in [-0.25, -0.2) is 9.37 Å². The number of aromatic nitrogens is 2. The number of carbonyl (C=O) groups excluding carboxylic acids is 1. The summed E-state index contributed by atoms with van der Waals surface area (Å²) in [7, 11) is 0. The number of nitrogens with one attached hydrogen (secondary N) is 2. The Hall–Kier alpha value is -2.73. The lowest BCUT2D eigenvalue weighted by Crippen LogP contribution is -2.35. The highest BCUT2D eigenvalue weighted by molar-refractivity contribution is 5.96. The van der Waals surface area contributed by atoms with Gasteiger partial charge in [-0.1, -0.05) is 31.5 Å². The van der Waals surface area contributed by atoms with Crippen LogP contribution in [0.3, 0.4) is 0 Å². The van der Waals surface area contributed by atoms with Crippen molar-refractivity contribution in [3.05, 3.63) is 59.7 Å². The molecule has 0 saturated carbocycles. The lowest BCUT2D eigenvalue weighted by Gasteiger charge is -2.10. The standard InChI is InChI=1S/C19H21FN4O/c1-2-5-15(21)19(25)22-13-8-9-16-17(11-13)24-18(23-16)10-12-6-3-4-7-14(12)20/h3-4,6-9,11,15H,2,5,10,21H2,1H3,(H,22,25)(H,23,24). The van der Waals surface area contributed by atoms with Crippen molar-refractivity contribution in [3.8, 4) is 0 Å². The minimum absolute atomic E-state index is 0.202. The number of carbonyl (C=O) groups is 1. The highest BCUT2D eigenvalue weighted by atomic mass is 19.1. The molecule has 0 saturated heterocycles. The van der Waals surface area contributed by atoms with Crippen LogP contribution in [-0.4, -0.2) is 21.9 Å². The first kappa shape index (κ1) is 17.1. The van der Waals surface area contributed by atoms with E-state index >= 15 is 0 Å². The number of hydrogen-bond acceptors (Lipinski definition) is 3. The number of benzene rings is 2. The molecule has 0 fully saturated rings. The van der Waals surface area contributed by atoms with Crippen LogP contribution in [0.1, 0.15) is 31.2 Å². The van der Waals surface area contributed by atoms with Crippen molar-refractivity contribution in [3.63, 3.8) is 0 Å². The molecular weight excluding hydrogens is 319 g/mol. The highest BCUT2D eigenvalue weighted by Crippen LogP contribution is 2.19. The van der Waals surface area contributed by atoms with Gasteiger partial charge < -0.3 is 16.0 Å². The molecule has 1 unspecified atom stereocenters. The zero-order valence-electron chi connectivity index (χ0n) is 14.1. The van der Waals surface area contributed by atoms with Crippen LogP contribution in [0.25, 0.3) is 11.0 Å². The van der Waals surface area contributed by atoms with Gasteiger partial charge in [0.1, 0.15) is 11.6 Å². The number of halogens is 1. The average Bonchev–Trinajstić information content (AvgIpc) is 2.98. The number of imidazole rings is 1. The number of rotatable bonds is 6. The fourth-order valence-corrected chi connectivity index (χ4v) is 2.72. The van der Waals surface area contributed by atoms with Gasteiger partial charge in [0, 0.05) is 12.1 Å². The summed E-state index contributed by atoms with van der Waals surface area (Å²) in [4.78, 5) is 19.7. The number of amides is 1. The Morgan fingerprint density at radius 1 is 1.32 bits per heavy atom. The van der Waals surface area contributed by atoms with E-state index < -0.39 is 6.04 Å². The zero-order valence-corrected chi connectivity index (χ0v) is 14.1. The quantitative estimate of drug-likeness (QED) is 0.643. The second-order valence-electron chi connectivity index (χ2n) is 6.07. The van der Waals surface area contributed by atoms with Crippen molar-refractivity contribution in [1.29, 1.82) is 0 Å². The van der Waals surface area contributed by atoms with Crippen LogP contribution in [0.4, 0.5) is 10.1 Å². The van der Waals surface area contributed by atoms with Gasteiger partial charge in [0.05, 0.1) is 17.1 Å². The van der Waals surface area contributed by atoms with Gasteiger partial charge in [-0.3, -0.25) is 4.79 Å². The van der Waals surface area contributed by atoms with Crippen molar-refractivity contribution in [1.82, 2.24) is 9.97 Å². The lowest BCUT2D eigenvalue weighted by atomic mass is 10.1. The first-order valence-corrected chi connectivity index (χ1v) is 8.35. The summed E-state index contributed by atoms with van der Waals surface area (Å²) in [6.45, 7) is 1.99. The average molecular weight is 340 g/mol. The number of nitrogens with two attached hydrogens (primary N) is 1. The summed E-state index contributed by atoms with van der Waals surface area (Å²) in [6, 6.07) is 11.5. The van der Waals surface area contributed by atoms with Crippen LogP contribution in [0.15, 0.2) is 42.5 Å². The van der Waals surface area contributed by atoms with E-state index in [0.717, 1.165) is 17.5 Å². The van der Waals surface area contributed by atoms with E-state index in [4.69, 9.17) is 5.73 Å². The van der Waals surface area contributed by atoms with E-state index in [0.29, 0.717) is 29.9 Å². The van der Waals surface area contributed by atoms with Crippen LogP contribution < -0.4 is 11.1 Å². The maximum Gasteiger partial charge on any atom is 0.241 e. The molecule has 25 heavy (non-hydrogen) atoms. The second-order valence-corrected chi connectivity index (χ2v) is 6.07. The predicted octanol–water partition coefficient (Wildman–Crippen LogP) is 3.36. The smallest absolute Gasteiger partial charge is 0.241 e. The molecule has 3 rings (SSSR count). The molecule has 130 valence electrons. The summed E-state index contributed by atoms with van der Waals surface area (Å²) < 4.78 is 13.8. The number of aromatic amines is 1. The predicted molar refractivity (Wildman–Crippen MR) is 96.8 cm³/mol. The Morgan fingerprint density at radius 3 is 2.88 bits per heavy atom. The monoisotopic (exact) mass is 340 g/mol. The molecule has 0 bridgehead atoms. The normalized spacial score (nSPS) is 12.3. The first-order chi connectivity index (χ1) is 12.1. The fraction of sp³-hybridized carbons (Fsp3) is 0.263. The Bertz CT molecular complexity index is 890. The Balaban J connectivity index is 1.77. The largest absolute Gasteiger partial charge is 0.342 e. The number of H-pyrrole nitrogens is 1. The van der Waals surface area contributed by atoms with Crippen LogP contribution in [0.5, 0.6) is 0 Å². The summed E-state index contributed by atoms with van der Waals surface area (Å²) in [5.41, 5.74) is 8.62. The maximum atomic E-state index is 13.8. The van der Waals surface area contributed by atoms with Crippen molar-refractivity contribution in [2.75, 3.05) is 5.32 Å². The van der Waals surface area contributed by atoms with Gasteiger partial charge >= 0.3 is 0 Å². The number of nitrogens with zero attached hydrogens (tertiary/aromatic N) is 1. The van der Waals surface area contributed by atoms with Crippen molar-refractivity contribution < 1.29 is 9.18 Å². The van der Waals surface area contributed by atoms with Gasteiger partial charge in [-0.05, 0) is 36.2 Å². The molecule has 5 nitrogen and oxygen atoms in total. The molecule has 6 heteroatoms. The van der Waals surface area contributed by atoms with Gasteiger partial charge in [-0.2, -0.15) is 0 Å². The van der Waals surface area contributed by atoms with E-state index in [1.165, 1.54) is 6.07 Å². The maximum absolute atomic E-state index is 13.8. The van der Waals surface area contributed by atoms with Crippen molar-refractivity contribution in [2.45, 2.75) is 32.2 Å². The zero-order chi connectivity index (χ0) is 17.8. The molecule has 3 aromatic rings. The summed E-state index contributed by atoms with van der Waals surface area (Å²) in [6.07, 6.45) is 1.88. The summed E-state index contributed by atoms with van der Waals surface area (Å²) in [5, 5.41) is 2.81. The number of anilines is 1. The van der Waals surface area contributed by atoms with E-state index in [1.807, 2.05) is 19.1 Å². The van der Waals surface area contributed by atoms with Crippen LogP contribution in [0, 0.1) is 5.82 Å². The highest BCUT2D eigenvalue weighted by Gasteiger charge is 2.13. The molecule has 1 aromatic heterocycles. The molecular formula is C19H21FN4O. The van der Waals surface area contributed by atoms with E-state index in [2.05, 4.69) is 15.3 Å². The van der Waals surface area contributed by atoms with Gasteiger partial charge in [0.2, 0.25) is 5.91 Å². The lowest BCUT2D eigenvalue weighted by molar-refractivity contribution is -0.117.